The highest BCUT2D eigenvalue weighted by molar-refractivity contribution is 6.33. The number of nitrogens with one attached hydrogen (secondary N) is 1. The number of carbonyl (C=O) groups is 3. The van der Waals surface area contributed by atoms with Gasteiger partial charge >= 0.3 is 12.0 Å². The van der Waals surface area contributed by atoms with E-state index in [2.05, 4.69) is 5.32 Å². The Hall–Kier alpha value is -3.34. The van der Waals surface area contributed by atoms with Crippen molar-refractivity contribution in [3.8, 4) is 11.5 Å². The van der Waals surface area contributed by atoms with E-state index in [0.717, 1.165) is 5.56 Å². The molecule has 11 heteroatoms. The maximum atomic E-state index is 13.8. The van der Waals surface area contributed by atoms with E-state index in [9.17, 15) is 19.5 Å². The summed E-state index contributed by atoms with van der Waals surface area (Å²) >= 11 is 6.74. The smallest absolute Gasteiger partial charge is 0.329 e. The van der Waals surface area contributed by atoms with Crippen LogP contribution in [-0.4, -0.2) is 73.4 Å². The molecule has 224 valence electrons. The molecule has 0 spiro atoms. The molecule has 10 nitrogen and oxygen atoms in total. The lowest BCUT2D eigenvalue weighted by Crippen LogP contribution is -2.66. The van der Waals surface area contributed by atoms with Crippen molar-refractivity contribution in [1.82, 2.24) is 10.2 Å². The van der Waals surface area contributed by atoms with Gasteiger partial charge in [-0.05, 0) is 39.3 Å². The zero-order valence-electron chi connectivity index (χ0n) is 24.4. The number of nitrogens with zero attached hydrogens (tertiary/aromatic N) is 1. The van der Waals surface area contributed by atoms with Gasteiger partial charge in [-0.1, -0.05) is 41.9 Å². The van der Waals surface area contributed by atoms with E-state index in [4.69, 9.17) is 30.5 Å². The summed E-state index contributed by atoms with van der Waals surface area (Å²) in [6.45, 7) is 7.61. The Morgan fingerprint density at radius 3 is 2.34 bits per heavy atom. The predicted molar refractivity (Wildman–Crippen MR) is 154 cm³/mol. The minimum Gasteiger partial charge on any atom is -0.496 e. The molecule has 1 unspecified atom stereocenters. The second-order valence-corrected chi connectivity index (χ2v) is 10.4. The fourth-order valence-corrected chi connectivity index (χ4v) is 5.47. The highest BCUT2D eigenvalue weighted by atomic mass is 35.5. The third-order valence-corrected chi connectivity index (χ3v) is 7.84. The molecule has 2 atom stereocenters. The Bertz CT molecular complexity index is 1230. The molecule has 2 aromatic rings. The summed E-state index contributed by atoms with van der Waals surface area (Å²) in [5.74, 6) is -1.05. The molecule has 2 aromatic carbocycles. The molecule has 0 bridgehead atoms. The number of halogens is 1. The lowest BCUT2D eigenvalue weighted by atomic mass is 9.74. The molecule has 1 aliphatic carbocycles. The van der Waals surface area contributed by atoms with Crippen LogP contribution in [0.15, 0.2) is 36.4 Å². The number of carboxylic acids is 1. The fraction of sp³-hybridized carbons (Fsp3) is 0.500. The first-order valence-electron chi connectivity index (χ1n) is 13.5. The van der Waals surface area contributed by atoms with Crippen LogP contribution in [-0.2, 0) is 14.3 Å². The molecule has 41 heavy (non-hydrogen) atoms. The van der Waals surface area contributed by atoms with Crippen LogP contribution in [0.2, 0.25) is 5.02 Å². The quantitative estimate of drug-likeness (QED) is 0.279. The summed E-state index contributed by atoms with van der Waals surface area (Å²) in [4.78, 5) is 39.8. The number of rotatable bonds is 14. The molecule has 0 radical (unpaired) electrons. The number of Topliss-reactive ketones (excluding diaryl/α,β-unsaturated/α-hetero) is 1. The maximum Gasteiger partial charge on any atom is 0.329 e. The third-order valence-electron chi connectivity index (χ3n) is 7.45. The van der Waals surface area contributed by atoms with Crippen molar-refractivity contribution in [3.05, 3.63) is 58.1 Å². The number of urea groups is 1. The highest BCUT2D eigenvalue weighted by Gasteiger charge is 2.53. The van der Waals surface area contributed by atoms with Gasteiger partial charge in [0, 0.05) is 31.6 Å². The van der Waals surface area contributed by atoms with E-state index >= 15 is 0 Å². The van der Waals surface area contributed by atoms with Gasteiger partial charge in [0.2, 0.25) is 0 Å². The van der Waals surface area contributed by atoms with E-state index in [1.807, 2.05) is 44.2 Å². The topological polar surface area (TPSA) is 124 Å². The van der Waals surface area contributed by atoms with Gasteiger partial charge in [-0.15, -0.1) is 0 Å². The standard InChI is InChI=1S/C30H39ClN2O8/c1-7-40-22-16-30(17-22,28(35)36)32-29(37)33(13-14-41-20(4)21-11-9-8-10-12-21)18(2)23-15-24(38-5)25(19(3)34)27(39-6)26(23)31/h8-12,15,18,20,22H,7,13-14,16-17H2,1-6H3,(H,32,37)(H,35,36)/t18?,20-,22?,30?/m0/s1. The Labute approximate surface area is 245 Å². The van der Waals surface area contributed by atoms with Crippen molar-refractivity contribution in [2.45, 2.75) is 64.3 Å². The zero-order chi connectivity index (χ0) is 30.3. The molecule has 0 saturated heterocycles. The van der Waals surface area contributed by atoms with Crippen LogP contribution in [0.4, 0.5) is 4.79 Å². The first-order chi connectivity index (χ1) is 19.5. The van der Waals surface area contributed by atoms with Crippen molar-refractivity contribution in [2.24, 2.45) is 0 Å². The zero-order valence-corrected chi connectivity index (χ0v) is 25.1. The van der Waals surface area contributed by atoms with Crippen molar-refractivity contribution in [1.29, 1.82) is 0 Å². The van der Waals surface area contributed by atoms with Gasteiger partial charge in [0.15, 0.2) is 11.5 Å². The molecule has 0 aliphatic heterocycles. The summed E-state index contributed by atoms with van der Waals surface area (Å²) in [5.41, 5.74) is 0.176. The normalized spacial score (nSPS) is 19.4. The summed E-state index contributed by atoms with van der Waals surface area (Å²) in [7, 11) is 2.82. The molecule has 3 rings (SSSR count). The van der Waals surface area contributed by atoms with E-state index in [-0.39, 0.29) is 66.1 Å². The van der Waals surface area contributed by atoms with E-state index < -0.39 is 23.6 Å². The first kappa shape index (κ1) is 32.2. The molecular formula is C30H39ClN2O8. The van der Waals surface area contributed by atoms with Crippen LogP contribution in [0.25, 0.3) is 0 Å². The van der Waals surface area contributed by atoms with Crippen LogP contribution in [0.3, 0.4) is 0 Å². The minimum atomic E-state index is -1.45. The van der Waals surface area contributed by atoms with Crippen molar-refractivity contribution in [2.75, 3.05) is 34.0 Å². The number of hydrogen-bond acceptors (Lipinski definition) is 7. The summed E-state index contributed by atoms with van der Waals surface area (Å²) in [6.07, 6.45) is -0.179. The van der Waals surface area contributed by atoms with Gasteiger partial charge in [-0.2, -0.15) is 0 Å². The van der Waals surface area contributed by atoms with Crippen LogP contribution >= 0.6 is 11.6 Å². The van der Waals surface area contributed by atoms with Gasteiger partial charge in [0.25, 0.3) is 0 Å². The van der Waals surface area contributed by atoms with Gasteiger partial charge in [0.05, 0.1) is 44.1 Å². The van der Waals surface area contributed by atoms with Crippen LogP contribution in [0.1, 0.15) is 74.2 Å². The van der Waals surface area contributed by atoms with Crippen molar-refractivity contribution < 1.29 is 38.4 Å². The number of methoxy groups -OCH3 is 2. The third kappa shape index (κ3) is 7.12. The maximum absolute atomic E-state index is 13.8. The average molecular weight is 591 g/mol. The largest absolute Gasteiger partial charge is 0.496 e. The lowest BCUT2D eigenvalue weighted by Gasteiger charge is -2.45. The Morgan fingerprint density at radius 2 is 1.80 bits per heavy atom. The molecule has 2 amide bonds. The monoisotopic (exact) mass is 590 g/mol. The summed E-state index contributed by atoms with van der Waals surface area (Å²) in [6, 6.07) is 9.98. The van der Waals surface area contributed by atoms with Crippen molar-refractivity contribution >= 4 is 29.4 Å². The SMILES string of the molecule is CCOC1CC(NC(=O)N(CCO[C@@H](C)c2ccccc2)C(C)c2cc(OC)c(C(C)=O)c(OC)c2Cl)(C(=O)O)C1. The van der Waals surface area contributed by atoms with Gasteiger partial charge in [-0.25, -0.2) is 9.59 Å². The Balaban J connectivity index is 1.93. The van der Waals surface area contributed by atoms with Crippen LogP contribution in [0, 0.1) is 0 Å². The van der Waals surface area contributed by atoms with Crippen LogP contribution < -0.4 is 14.8 Å². The number of hydrogen-bond donors (Lipinski definition) is 2. The molecule has 0 aromatic heterocycles. The number of aliphatic carboxylic acids is 1. The Kier molecular flexibility index (Phi) is 11.0. The van der Waals surface area contributed by atoms with Crippen LogP contribution in [0.5, 0.6) is 11.5 Å². The number of amides is 2. The fourth-order valence-electron chi connectivity index (χ4n) is 5.08. The number of carboxylic acid groups (broad SMARTS) is 1. The Morgan fingerprint density at radius 1 is 1.15 bits per heavy atom. The summed E-state index contributed by atoms with van der Waals surface area (Å²) in [5, 5.41) is 12.9. The second-order valence-electron chi connectivity index (χ2n) is 10.0. The number of ether oxygens (including phenoxy) is 4. The minimum absolute atomic E-state index is 0.115. The number of carbonyl (C=O) groups excluding carboxylic acids is 2. The van der Waals surface area contributed by atoms with Gasteiger partial charge in [0.1, 0.15) is 16.9 Å². The summed E-state index contributed by atoms with van der Waals surface area (Å²) < 4.78 is 22.6. The molecule has 2 N–H and O–H groups in total. The number of benzene rings is 2. The molecule has 1 aliphatic rings. The van der Waals surface area contributed by atoms with Gasteiger partial charge < -0.3 is 34.3 Å². The molecular weight excluding hydrogens is 552 g/mol. The molecule has 1 fully saturated rings. The highest BCUT2D eigenvalue weighted by Crippen LogP contribution is 2.43. The van der Waals surface area contributed by atoms with Gasteiger partial charge in [-0.3, -0.25) is 4.79 Å². The second kappa shape index (κ2) is 14.0. The van der Waals surface area contributed by atoms with E-state index in [1.165, 1.54) is 26.0 Å². The van der Waals surface area contributed by atoms with Crippen molar-refractivity contribution in [3.63, 3.8) is 0 Å². The lowest BCUT2D eigenvalue weighted by molar-refractivity contribution is -0.156. The number of ketones is 1. The predicted octanol–water partition coefficient (Wildman–Crippen LogP) is 5.43. The molecule has 0 heterocycles. The molecule has 1 saturated carbocycles. The average Bonchev–Trinajstić information content (AvgIpc) is 2.93. The van der Waals surface area contributed by atoms with E-state index in [1.54, 1.807) is 13.0 Å². The van der Waals surface area contributed by atoms with E-state index in [0.29, 0.717) is 12.2 Å². The first-order valence-corrected chi connectivity index (χ1v) is 13.9.